The molecule has 1 fully saturated rings. The maximum absolute atomic E-state index is 11.6. The SMILES string of the molecule is CC1CC(NC(=O)CCC(=O)O)CC(C)(C)C1. The number of carboxylic acids is 1. The smallest absolute Gasteiger partial charge is 0.303 e. The number of amides is 1. The number of nitrogens with one attached hydrogen (secondary N) is 1. The summed E-state index contributed by atoms with van der Waals surface area (Å²) >= 11 is 0. The van der Waals surface area contributed by atoms with Gasteiger partial charge in [0.1, 0.15) is 0 Å². The number of aliphatic carboxylic acids is 1. The third kappa shape index (κ3) is 5.20. The molecule has 0 bridgehead atoms. The van der Waals surface area contributed by atoms with Gasteiger partial charge < -0.3 is 10.4 Å². The maximum Gasteiger partial charge on any atom is 0.303 e. The molecule has 0 saturated heterocycles. The number of carbonyl (C=O) groups excluding carboxylic acids is 1. The maximum atomic E-state index is 11.6. The molecule has 0 radical (unpaired) electrons. The lowest BCUT2D eigenvalue weighted by atomic mass is 9.70. The van der Waals surface area contributed by atoms with E-state index in [4.69, 9.17) is 5.11 Å². The molecule has 1 saturated carbocycles. The van der Waals surface area contributed by atoms with Gasteiger partial charge in [-0.25, -0.2) is 0 Å². The normalized spacial score (nSPS) is 27.5. The topological polar surface area (TPSA) is 66.4 Å². The first kappa shape index (κ1) is 14.0. The average molecular weight is 241 g/mol. The summed E-state index contributed by atoms with van der Waals surface area (Å²) < 4.78 is 0. The Morgan fingerprint density at radius 2 is 1.94 bits per heavy atom. The molecular weight excluding hydrogens is 218 g/mol. The van der Waals surface area contributed by atoms with Crippen molar-refractivity contribution in [2.24, 2.45) is 11.3 Å². The van der Waals surface area contributed by atoms with Crippen molar-refractivity contribution in [1.29, 1.82) is 0 Å². The van der Waals surface area contributed by atoms with Crippen LogP contribution in [0.5, 0.6) is 0 Å². The standard InChI is InChI=1S/C13H23NO3/c1-9-6-10(8-13(2,3)7-9)14-11(15)4-5-12(16)17/h9-10H,4-8H2,1-3H3,(H,14,15)(H,16,17). The lowest BCUT2D eigenvalue weighted by Crippen LogP contribution is -2.43. The van der Waals surface area contributed by atoms with Crippen molar-refractivity contribution in [2.75, 3.05) is 0 Å². The van der Waals surface area contributed by atoms with E-state index in [-0.39, 0.29) is 30.2 Å². The molecule has 4 heteroatoms. The second kappa shape index (κ2) is 5.52. The van der Waals surface area contributed by atoms with E-state index in [0.29, 0.717) is 5.92 Å². The van der Waals surface area contributed by atoms with Crippen LogP contribution in [0.4, 0.5) is 0 Å². The summed E-state index contributed by atoms with van der Waals surface area (Å²) in [6.07, 6.45) is 3.17. The van der Waals surface area contributed by atoms with Crippen LogP contribution in [-0.2, 0) is 9.59 Å². The minimum Gasteiger partial charge on any atom is -0.481 e. The zero-order valence-corrected chi connectivity index (χ0v) is 11.0. The Morgan fingerprint density at radius 1 is 1.29 bits per heavy atom. The van der Waals surface area contributed by atoms with Crippen LogP contribution in [-0.4, -0.2) is 23.0 Å². The van der Waals surface area contributed by atoms with Crippen LogP contribution in [0.3, 0.4) is 0 Å². The van der Waals surface area contributed by atoms with Crippen molar-refractivity contribution < 1.29 is 14.7 Å². The first-order valence-corrected chi connectivity index (χ1v) is 6.30. The molecule has 98 valence electrons. The van der Waals surface area contributed by atoms with Gasteiger partial charge in [-0.2, -0.15) is 0 Å². The number of carbonyl (C=O) groups is 2. The number of rotatable bonds is 4. The van der Waals surface area contributed by atoms with Gasteiger partial charge in [0.05, 0.1) is 6.42 Å². The molecule has 2 atom stereocenters. The molecule has 4 nitrogen and oxygen atoms in total. The van der Waals surface area contributed by atoms with E-state index >= 15 is 0 Å². The van der Waals surface area contributed by atoms with Gasteiger partial charge in [-0.15, -0.1) is 0 Å². The van der Waals surface area contributed by atoms with Crippen LogP contribution < -0.4 is 5.32 Å². The molecule has 0 aromatic rings. The Bertz CT molecular complexity index is 299. The summed E-state index contributed by atoms with van der Waals surface area (Å²) in [6, 6.07) is 0.204. The second-order valence-electron chi connectivity index (χ2n) is 6.07. The van der Waals surface area contributed by atoms with E-state index in [2.05, 4.69) is 26.1 Å². The fourth-order valence-electron chi connectivity index (χ4n) is 2.98. The van der Waals surface area contributed by atoms with Crippen LogP contribution in [0.15, 0.2) is 0 Å². The summed E-state index contributed by atoms with van der Waals surface area (Å²) in [5.41, 5.74) is 0.266. The molecular formula is C13H23NO3. The van der Waals surface area contributed by atoms with E-state index in [1.54, 1.807) is 0 Å². The predicted octanol–water partition coefficient (Wildman–Crippen LogP) is 2.18. The van der Waals surface area contributed by atoms with Crippen molar-refractivity contribution in [1.82, 2.24) is 5.32 Å². The summed E-state index contributed by atoms with van der Waals surface area (Å²) in [7, 11) is 0. The zero-order chi connectivity index (χ0) is 13.1. The zero-order valence-electron chi connectivity index (χ0n) is 11.0. The van der Waals surface area contributed by atoms with E-state index in [1.165, 1.54) is 6.42 Å². The quantitative estimate of drug-likeness (QED) is 0.792. The van der Waals surface area contributed by atoms with E-state index in [1.807, 2.05) is 0 Å². The Hall–Kier alpha value is -1.06. The molecule has 0 aromatic carbocycles. The third-order valence-corrected chi connectivity index (χ3v) is 3.32. The van der Waals surface area contributed by atoms with Gasteiger partial charge in [-0.1, -0.05) is 20.8 Å². The van der Waals surface area contributed by atoms with Crippen molar-refractivity contribution >= 4 is 11.9 Å². The number of hydrogen-bond donors (Lipinski definition) is 2. The van der Waals surface area contributed by atoms with E-state index < -0.39 is 5.97 Å². The molecule has 2 N–H and O–H groups in total. The van der Waals surface area contributed by atoms with Gasteiger partial charge in [0, 0.05) is 12.5 Å². The largest absolute Gasteiger partial charge is 0.481 e. The van der Waals surface area contributed by atoms with Gasteiger partial charge in [0.25, 0.3) is 0 Å². The minimum absolute atomic E-state index is 0.0840. The minimum atomic E-state index is -0.919. The molecule has 0 heterocycles. The van der Waals surface area contributed by atoms with Crippen LogP contribution in [0.2, 0.25) is 0 Å². The van der Waals surface area contributed by atoms with Crippen LogP contribution in [0.25, 0.3) is 0 Å². The summed E-state index contributed by atoms with van der Waals surface area (Å²) in [4.78, 5) is 21.9. The lowest BCUT2D eigenvalue weighted by molar-refractivity contribution is -0.139. The molecule has 1 amide bonds. The molecule has 1 rings (SSSR count). The molecule has 2 unspecified atom stereocenters. The fourth-order valence-corrected chi connectivity index (χ4v) is 2.98. The van der Waals surface area contributed by atoms with E-state index in [9.17, 15) is 9.59 Å². The summed E-state index contributed by atoms with van der Waals surface area (Å²) in [6.45, 7) is 6.65. The van der Waals surface area contributed by atoms with E-state index in [0.717, 1.165) is 12.8 Å². The Morgan fingerprint density at radius 3 is 2.47 bits per heavy atom. The monoisotopic (exact) mass is 241 g/mol. The van der Waals surface area contributed by atoms with Gasteiger partial charge >= 0.3 is 5.97 Å². The molecule has 1 aliphatic rings. The summed E-state index contributed by atoms with van der Waals surface area (Å²) in [5, 5.41) is 11.5. The first-order valence-electron chi connectivity index (χ1n) is 6.30. The predicted molar refractivity (Wildman–Crippen MR) is 65.6 cm³/mol. The number of hydrogen-bond acceptors (Lipinski definition) is 2. The Kier molecular flexibility index (Phi) is 4.54. The average Bonchev–Trinajstić information content (AvgIpc) is 2.11. The summed E-state index contributed by atoms with van der Waals surface area (Å²) in [5.74, 6) is -0.441. The highest BCUT2D eigenvalue weighted by atomic mass is 16.4. The van der Waals surface area contributed by atoms with Crippen LogP contribution >= 0.6 is 0 Å². The van der Waals surface area contributed by atoms with Crippen LogP contribution in [0.1, 0.15) is 52.9 Å². The Labute approximate surface area is 103 Å². The van der Waals surface area contributed by atoms with Gasteiger partial charge in [-0.3, -0.25) is 9.59 Å². The number of carboxylic acid groups (broad SMARTS) is 1. The van der Waals surface area contributed by atoms with Gasteiger partial charge in [-0.05, 0) is 30.6 Å². The highest BCUT2D eigenvalue weighted by Gasteiger charge is 2.32. The third-order valence-electron chi connectivity index (χ3n) is 3.32. The van der Waals surface area contributed by atoms with Crippen LogP contribution in [0, 0.1) is 11.3 Å². The van der Waals surface area contributed by atoms with Gasteiger partial charge in [0.2, 0.25) is 5.91 Å². The molecule has 0 aliphatic heterocycles. The first-order chi connectivity index (χ1) is 7.78. The Balaban J connectivity index is 2.40. The van der Waals surface area contributed by atoms with Crippen molar-refractivity contribution in [3.05, 3.63) is 0 Å². The second-order valence-corrected chi connectivity index (χ2v) is 6.07. The highest BCUT2D eigenvalue weighted by molar-refractivity contribution is 5.80. The molecule has 0 aromatic heterocycles. The fraction of sp³-hybridized carbons (Fsp3) is 0.846. The highest BCUT2D eigenvalue weighted by Crippen LogP contribution is 2.38. The molecule has 0 spiro atoms. The lowest BCUT2D eigenvalue weighted by Gasteiger charge is -2.39. The van der Waals surface area contributed by atoms with Crippen molar-refractivity contribution in [3.63, 3.8) is 0 Å². The molecule has 1 aliphatic carbocycles. The van der Waals surface area contributed by atoms with Crippen molar-refractivity contribution in [2.45, 2.75) is 58.9 Å². The van der Waals surface area contributed by atoms with Gasteiger partial charge in [0.15, 0.2) is 0 Å². The molecule has 17 heavy (non-hydrogen) atoms. The van der Waals surface area contributed by atoms with Crippen molar-refractivity contribution in [3.8, 4) is 0 Å².